The zero-order valence-electron chi connectivity index (χ0n) is 15.8. The van der Waals surface area contributed by atoms with Crippen LogP contribution in [-0.2, 0) is 9.59 Å². The number of ketones is 1. The third kappa shape index (κ3) is 7.97. The van der Waals surface area contributed by atoms with E-state index in [-0.39, 0.29) is 11.3 Å². The number of carbonyl (C=O) groups is 2. The maximum Gasteiger partial charge on any atom is 0.258 e. The second kappa shape index (κ2) is 11.2. The minimum Gasteiger partial charge on any atom is -0.398 e. The van der Waals surface area contributed by atoms with Crippen LogP contribution in [0, 0.1) is 0 Å². The SMILES string of the molecule is CC(=O)/C(C(=O)N(C)C)=C(/N)C(Cl)(Cl)Cl.[B](c1ccccc1)c1ccccc1. The van der Waals surface area contributed by atoms with Crippen molar-refractivity contribution in [2.24, 2.45) is 5.73 Å². The summed E-state index contributed by atoms with van der Waals surface area (Å²) in [5.41, 5.74) is 7.27. The summed E-state index contributed by atoms with van der Waals surface area (Å²) in [6.45, 7) is 1.18. The molecule has 2 N–H and O–H groups in total. The quantitative estimate of drug-likeness (QED) is 0.262. The highest BCUT2D eigenvalue weighted by Gasteiger charge is 2.32. The molecule has 0 heterocycles. The van der Waals surface area contributed by atoms with Crippen molar-refractivity contribution >= 4 is 64.7 Å². The van der Waals surface area contributed by atoms with Crippen LogP contribution in [0.4, 0.5) is 0 Å². The molecule has 0 atom stereocenters. The van der Waals surface area contributed by atoms with Gasteiger partial charge < -0.3 is 10.6 Å². The van der Waals surface area contributed by atoms with Gasteiger partial charge in [-0.1, -0.05) is 106 Å². The van der Waals surface area contributed by atoms with E-state index in [1.165, 1.54) is 36.8 Å². The molecule has 0 bridgehead atoms. The summed E-state index contributed by atoms with van der Waals surface area (Å²) in [4.78, 5) is 24.0. The fourth-order valence-electron chi connectivity index (χ4n) is 2.11. The zero-order chi connectivity index (χ0) is 21.3. The maximum atomic E-state index is 11.6. The van der Waals surface area contributed by atoms with Crippen LogP contribution >= 0.6 is 34.8 Å². The van der Waals surface area contributed by atoms with Gasteiger partial charge in [0, 0.05) is 14.1 Å². The minimum absolute atomic E-state index is 0.306. The fraction of sp³-hybridized carbons (Fsp3) is 0.200. The summed E-state index contributed by atoms with van der Waals surface area (Å²) in [6.07, 6.45) is 0. The molecule has 1 radical (unpaired) electrons. The van der Waals surface area contributed by atoms with Crippen LogP contribution in [0.3, 0.4) is 0 Å². The molecule has 0 aliphatic heterocycles. The van der Waals surface area contributed by atoms with Crippen LogP contribution in [0.15, 0.2) is 71.9 Å². The van der Waals surface area contributed by atoms with E-state index in [1.807, 2.05) is 12.1 Å². The molecule has 0 unspecified atom stereocenters. The molecular weight excluding hydrogens is 417 g/mol. The minimum atomic E-state index is -1.97. The van der Waals surface area contributed by atoms with Crippen molar-refractivity contribution in [1.29, 1.82) is 0 Å². The lowest BCUT2D eigenvalue weighted by atomic mass is 9.64. The van der Waals surface area contributed by atoms with Gasteiger partial charge in [-0.25, -0.2) is 0 Å². The molecule has 8 heteroatoms. The summed E-state index contributed by atoms with van der Waals surface area (Å²) < 4.78 is -1.97. The van der Waals surface area contributed by atoms with E-state index in [2.05, 4.69) is 55.8 Å². The molecule has 2 rings (SSSR count). The maximum absolute atomic E-state index is 11.6. The Morgan fingerprint density at radius 3 is 1.57 bits per heavy atom. The van der Waals surface area contributed by atoms with Crippen molar-refractivity contribution in [2.75, 3.05) is 14.1 Å². The molecule has 0 saturated carbocycles. The van der Waals surface area contributed by atoms with Crippen LogP contribution < -0.4 is 16.7 Å². The van der Waals surface area contributed by atoms with Gasteiger partial charge in [0.15, 0.2) is 13.1 Å². The average Bonchev–Trinajstić information content (AvgIpc) is 2.63. The lowest BCUT2D eigenvalue weighted by Gasteiger charge is -2.18. The van der Waals surface area contributed by atoms with Crippen molar-refractivity contribution in [1.82, 2.24) is 4.90 Å². The molecule has 2 aromatic rings. The summed E-state index contributed by atoms with van der Waals surface area (Å²) in [5, 5.41) is 0. The number of Topliss-reactive ketones (excluding diaryl/α,β-unsaturated/α-hetero) is 1. The van der Waals surface area contributed by atoms with Crippen molar-refractivity contribution in [3.8, 4) is 0 Å². The fourth-order valence-corrected chi connectivity index (χ4v) is 2.40. The Bertz CT molecular complexity index is 783. The number of likely N-dealkylation sites (N-methyl/N-ethyl adjacent to an activating group) is 1. The molecule has 0 saturated heterocycles. The highest BCUT2D eigenvalue weighted by atomic mass is 35.6. The lowest BCUT2D eigenvalue weighted by Crippen LogP contribution is -2.32. The summed E-state index contributed by atoms with van der Waals surface area (Å²) in [6, 6.07) is 20.7. The normalized spacial score (nSPS) is 11.5. The van der Waals surface area contributed by atoms with E-state index in [0.717, 1.165) is 0 Å². The number of nitrogens with zero attached hydrogens (tertiary/aromatic N) is 1. The number of carbonyl (C=O) groups excluding carboxylic acids is 2. The first-order chi connectivity index (χ1) is 13.0. The van der Waals surface area contributed by atoms with E-state index in [9.17, 15) is 9.59 Å². The number of allylic oxidation sites excluding steroid dienone is 1. The van der Waals surface area contributed by atoms with Gasteiger partial charge in [-0.2, -0.15) is 0 Å². The van der Waals surface area contributed by atoms with Gasteiger partial charge >= 0.3 is 0 Å². The number of nitrogens with two attached hydrogens (primary N) is 1. The van der Waals surface area contributed by atoms with Crippen LogP contribution in [0.1, 0.15) is 6.92 Å². The number of amides is 1. The first-order valence-electron chi connectivity index (χ1n) is 8.28. The molecule has 0 aliphatic carbocycles. The molecule has 4 nitrogen and oxygen atoms in total. The van der Waals surface area contributed by atoms with Crippen LogP contribution in [0.5, 0.6) is 0 Å². The van der Waals surface area contributed by atoms with Crippen molar-refractivity contribution in [3.63, 3.8) is 0 Å². The van der Waals surface area contributed by atoms with E-state index >= 15 is 0 Å². The topological polar surface area (TPSA) is 63.4 Å². The lowest BCUT2D eigenvalue weighted by molar-refractivity contribution is -0.127. The van der Waals surface area contributed by atoms with E-state index in [0.29, 0.717) is 0 Å². The summed E-state index contributed by atoms with van der Waals surface area (Å²) in [5.74, 6) is -1.14. The Morgan fingerprint density at radius 2 is 1.29 bits per heavy atom. The highest BCUT2D eigenvalue weighted by Crippen LogP contribution is 2.33. The molecule has 147 valence electrons. The van der Waals surface area contributed by atoms with Gasteiger partial charge in [-0.05, 0) is 6.92 Å². The van der Waals surface area contributed by atoms with Gasteiger partial charge in [-0.15, -0.1) is 0 Å². The Morgan fingerprint density at radius 1 is 0.893 bits per heavy atom. The number of alkyl halides is 3. The predicted octanol–water partition coefficient (Wildman–Crippen LogP) is 2.59. The monoisotopic (exact) mass is 437 g/mol. The van der Waals surface area contributed by atoms with Crippen molar-refractivity contribution in [3.05, 3.63) is 71.9 Å². The molecular formula is C20H21BCl3N2O2. The van der Waals surface area contributed by atoms with Crippen LogP contribution in [0.2, 0.25) is 0 Å². The van der Waals surface area contributed by atoms with Gasteiger partial charge in [0.05, 0.1) is 5.70 Å². The largest absolute Gasteiger partial charge is 0.398 e. The number of rotatable bonds is 4. The van der Waals surface area contributed by atoms with Gasteiger partial charge in [0.1, 0.15) is 5.57 Å². The first-order valence-corrected chi connectivity index (χ1v) is 9.41. The standard InChI is InChI=1S/C12H10B.C8H11Cl3N2O2/c1-3-7-11(8-4-1)13-12-9-5-2-6-10-12;1-4(14)5(7(15)13(2)3)6(12)8(9,10)11/h1-10H;12H2,1-3H3/b;6-5-. The molecule has 0 aromatic heterocycles. The number of hydrogen-bond donors (Lipinski definition) is 1. The second-order valence-electron chi connectivity index (χ2n) is 6.01. The Labute approximate surface area is 181 Å². The average molecular weight is 439 g/mol. The molecule has 2 aromatic carbocycles. The number of hydrogen-bond acceptors (Lipinski definition) is 3. The van der Waals surface area contributed by atoms with Crippen LogP contribution in [-0.4, -0.2) is 41.8 Å². The molecule has 0 spiro atoms. The molecule has 0 fully saturated rings. The van der Waals surface area contributed by atoms with Crippen molar-refractivity contribution in [2.45, 2.75) is 10.7 Å². The third-order valence-corrected chi connectivity index (χ3v) is 4.09. The molecule has 0 aliphatic rings. The third-order valence-electron chi connectivity index (χ3n) is 3.48. The predicted molar refractivity (Wildman–Crippen MR) is 119 cm³/mol. The Kier molecular flexibility index (Phi) is 9.60. The van der Waals surface area contributed by atoms with E-state index in [1.54, 1.807) is 0 Å². The first kappa shape index (κ1) is 24.1. The Hall–Kier alpha value is -1.95. The number of benzene rings is 2. The molecule has 1 amide bonds. The highest BCUT2D eigenvalue weighted by molar-refractivity contribution is 6.69. The Balaban J connectivity index is 0.000000281. The second-order valence-corrected chi connectivity index (χ2v) is 8.29. The smallest absolute Gasteiger partial charge is 0.258 e. The van der Waals surface area contributed by atoms with Gasteiger partial charge in [0.2, 0.25) is 3.79 Å². The van der Waals surface area contributed by atoms with Gasteiger partial charge in [-0.3, -0.25) is 9.59 Å². The van der Waals surface area contributed by atoms with Gasteiger partial charge in [0.25, 0.3) is 5.91 Å². The van der Waals surface area contributed by atoms with E-state index < -0.39 is 15.5 Å². The van der Waals surface area contributed by atoms with Crippen LogP contribution in [0.25, 0.3) is 0 Å². The summed E-state index contributed by atoms with van der Waals surface area (Å²) in [7, 11) is 5.11. The number of halogens is 3. The van der Waals surface area contributed by atoms with Crippen molar-refractivity contribution < 1.29 is 9.59 Å². The zero-order valence-corrected chi connectivity index (χ0v) is 18.1. The van der Waals surface area contributed by atoms with E-state index in [4.69, 9.17) is 40.5 Å². The summed E-state index contributed by atoms with van der Waals surface area (Å²) >= 11 is 16.5. The molecule has 28 heavy (non-hydrogen) atoms.